The van der Waals surface area contributed by atoms with Gasteiger partial charge in [0, 0.05) is 23.5 Å². The van der Waals surface area contributed by atoms with Gasteiger partial charge in [0.05, 0.1) is 12.5 Å². The maximum atomic E-state index is 13.1. The van der Waals surface area contributed by atoms with Crippen LogP contribution in [-0.4, -0.2) is 69.8 Å². The number of nitrogens with two attached hydrogens (primary N) is 3. The highest BCUT2D eigenvalue weighted by atomic mass is 16.4. The first-order chi connectivity index (χ1) is 18.3. The molecular weight excluding hydrogens is 510 g/mol. The van der Waals surface area contributed by atoms with E-state index in [1.54, 1.807) is 20.0 Å². The summed E-state index contributed by atoms with van der Waals surface area (Å²) < 4.78 is 0. The van der Waals surface area contributed by atoms with E-state index < -0.39 is 72.0 Å². The molecule has 0 saturated carbocycles. The Morgan fingerprint density at radius 2 is 1.54 bits per heavy atom. The van der Waals surface area contributed by atoms with Gasteiger partial charge in [-0.1, -0.05) is 32.0 Å². The molecule has 1 aromatic carbocycles. The average molecular weight is 546 g/mol. The topological polar surface area (TPSA) is 253 Å². The predicted octanol–water partition coefficient (Wildman–Crippen LogP) is -1.63. The Hall–Kier alpha value is -4.46. The van der Waals surface area contributed by atoms with Gasteiger partial charge < -0.3 is 43.2 Å². The Kier molecular flexibility index (Phi) is 11.0. The van der Waals surface area contributed by atoms with Crippen molar-refractivity contribution < 1.29 is 33.9 Å². The van der Waals surface area contributed by atoms with Crippen molar-refractivity contribution in [2.75, 3.05) is 0 Å². The van der Waals surface area contributed by atoms with Crippen molar-refractivity contribution in [2.24, 2.45) is 23.1 Å². The van der Waals surface area contributed by atoms with Crippen LogP contribution in [0.3, 0.4) is 0 Å². The number of carboxylic acid groups (broad SMARTS) is 1. The van der Waals surface area contributed by atoms with E-state index in [0.717, 1.165) is 16.5 Å². The van der Waals surface area contributed by atoms with Crippen molar-refractivity contribution in [1.29, 1.82) is 0 Å². The van der Waals surface area contributed by atoms with Crippen LogP contribution in [0.1, 0.15) is 38.7 Å². The maximum Gasteiger partial charge on any atom is 0.326 e. The minimum absolute atomic E-state index is 0.197. The summed E-state index contributed by atoms with van der Waals surface area (Å²) in [5.41, 5.74) is 18.1. The van der Waals surface area contributed by atoms with Crippen LogP contribution in [0.4, 0.5) is 0 Å². The second kappa shape index (κ2) is 13.9. The highest BCUT2D eigenvalue weighted by Gasteiger charge is 2.32. The monoisotopic (exact) mass is 545 g/mol. The number of aliphatic carboxylic acids is 1. The first-order valence-electron chi connectivity index (χ1n) is 12.3. The van der Waals surface area contributed by atoms with E-state index in [4.69, 9.17) is 17.2 Å². The molecule has 2 rings (SSSR count). The maximum absolute atomic E-state index is 13.1. The molecule has 0 spiro atoms. The van der Waals surface area contributed by atoms with Gasteiger partial charge in [0.25, 0.3) is 0 Å². The molecule has 4 atom stereocenters. The SMILES string of the molecule is CC(C)C(NC(=O)C(N)Cc1c[nH]c2ccccc12)C(=O)NC(CCC(N)=O)C(=O)NC(CC(N)=O)C(=O)O. The number of carbonyl (C=O) groups excluding carboxylic acids is 5. The first-order valence-corrected chi connectivity index (χ1v) is 12.3. The molecule has 0 saturated heterocycles. The average Bonchev–Trinajstić information content (AvgIpc) is 3.26. The highest BCUT2D eigenvalue weighted by molar-refractivity contribution is 5.95. The van der Waals surface area contributed by atoms with E-state index in [0.29, 0.717) is 0 Å². The molecule has 1 aromatic heterocycles. The first kappa shape index (κ1) is 30.8. The number of amides is 5. The van der Waals surface area contributed by atoms with Crippen molar-refractivity contribution in [2.45, 2.75) is 63.7 Å². The van der Waals surface area contributed by atoms with E-state index in [1.165, 1.54) is 0 Å². The molecule has 11 N–H and O–H groups in total. The molecule has 0 aliphatic heterocycles. The van der Waals surface area contributed by atoms with Gasteiger partial charge in [0.15, 0.2) is 0 Å². The van der Waals surface area contributed by atoms with E-state index in [2.05, 4.69) is 20.9 Å². The van der Waals surface area contributed by atoms with Gasteiger partial charge >= 0.3 is 5.97 Å². The van der Waals surface area contributed by atoms with Gasteiger partial charge in [-0.25, -0.2) is 4.79 Å². The molecule has 39 heavy (non-hydrogen) atoms. The van der Waals surface area contributed by atoms with Crippen LogP contribution in [0.5, 0.6) is 0 Å². The Bertz CT molecular complexity index is 1230. The highest BCUT2D eigenvalue weighted by Crippen LogP contribution is 2.19. The standard InChI is InChI=1S/C25H35N7O7/c1-12(2)21(32-22(35)15(26)9-13-11-29-16-6-4-3-5-14(13)16)24(37)30-17(7-8-19(27)33)23(36)31-18(25(38)39)10-20(28)34/h3-6,11-12,15,17-18,21,29H,7-10,26H2,1-2H3,(H2,27,33)(H2,28,34)(H,30,37)(H,31,36)(H,32,35)(H,38,39). The summed E-state index contributed by atoms with van der Waals surface area (Å²) in [4.78, 5) is 75.8. The number of aromatic amines is 1. The third-order valence-corrected chi connectivity index (χ3v) is 6.03. The van der Waals surface area contributed by atoms with Crippen LogP contribution in [0.25, 0.3) is 10.9 Å². The van der Waals surface area contributed by atoms with Crippen LogP contribution in [0.2, 0.25) is 0 Å². The molecule has 14 nitrogen and oxygen atoms in total. The summed E-state index contributed by atoms with van der Waals surface area (Å²) in [6, 6.07) is 2.38. The Morgan fingerprint density at radius 1 is 0.897 bits per heavy atom. The van der Waals surface area contributed by atoms with Gasteiger partial charge in [-0.05, 0) is 30.4 Å². The molecule has 14 heteroatoms. The fourth-order valence-corrected chi connectivity index (χ4v) is 3.92. The van der Waals surface area contributed by atoms with Gasteiger partial charge in [-0.2, -0.15) is 0 Å². The summed E-state index contributed by atoms with van der Waals surface area (Å²) in [5.74, 6) is -6.00. The zero-order valence-corrected chi connectivity index (χ0v) is 21.7. The lowest BCUT2D eigenvalue weighted by atomic mass is 10.00. The molecule has 0 bridgehead atoms. The van der Waals surface area contributed by atoms with Crippen molar-refractivity contribution in [1.82, 2.24) is 20.9 Å². The van der Waals surface area contributed by atoms with E-state index in [9.17, 15) is 33.9 Å². The Labute approximate surface area is 224 Å². The van der Waals surface area contributed by atoms with Crippen LogP contribution in [0.15, 0.2) is 30.5 Å². The zero-order valence-electron chi connectivity index (χ0n) is 21.7. The molecule has 212 valence electrons. The predicted molar refractivity (Wildman–Crippen MR) is 140 cm³/mol. The molecular formula is C25H35N7O7. The second-order valence-corrected chi connectivity index (χ2v) is 9.54. The number of rotatable bonds is 15. The van der Waals surface area contributed by atoms with Crippen molar-refractivity contribution in [3.8, 4) is 0 Å². The van der Waals surface area contributed by atoms with Crippen LogP contribution < -0.4 is 33.2 Å². The van der Waals surface area contributed by atoms with Crippen molar-refractivity contribution >= 4 is 46.4 Å². The van der Waals surface area contributed by atoms with Gasteiger partial charge in [-0.15, -0.1) is 0 Å². The molecule has 0 fully saturated rings. The second-order valence-electron chi connectivity index (χ2n) is 9.54. The number of hydrogen-bond donors (Lipinski definition) is 8. The number of hydrogen-bond acceptors (Lipinski definition) is 7. The number of nitrogens with one attached hydrogen (secondary N) is 4. The molecule has 0 aliphatic rings. The summed E-state index contributed by atoms with van der Waals surface area (Å²) in [5, 5.41) is 17.4. The largest absolute Gasteiger partial charge is 0.480 e. The summed E-state index contributed by atoms with van der Waals surface area (Å²) in [7, 11) is 0. The number of aromatic nitrogens is 1. The number of benzene rings is 1. The number of para-hydroxylation sites is 1. The summed E-state index contributed by atoms with van der Waals surface area (Å²) in [6.45, 7) is 3.34. The Balaban J connectivity index is 2.12. The van der Waals surface area contributed by atoms with Crippen LogP contribution in [0, 0.1) is 5.92 Å². The lowest BCUT2D eigenvalue weighted by Crippen LogP contribution is -2.58. The van der Waals surface area contributed by atoms with Crippen LogP contribution >= 0.6 is 0 Å². The zero-order chi connectivity index (χ0) is 29.3. The van der Waals surface area contributed by atoms with E-state index in [-0.39, 0.29) is 19.3 Å². The van der Waals surface area contributed by atoms with E-state index in [1.807, 2.05) is 24.3 Å². The fraction of sp³-hybridized carbons (Fsp3) is 0.440. The van der Waals surface area contributed by atoms with Crippen molar-refractivity contribution in [3.63, 3.8) is 0 Å². The lowest BCUT2D eigenvalue weighted by Gasteiger charge is -2.26. The molecule has 2 aromatic rings. The fourth-order valence-electron chi connectivity index (χ4n) is 3.92. The third kappa shape index (κ3) is 9.10. The van der Waals surface area contributed by atoms with Gasteiger partial charge in [0.1, 0.15) is 18.1 Å². The quantitative estimate of drug-likeness (QED) is 0.129. The van der Waals surface area contributed by atoms with E-state index >= 15 is 0 Å². The number of primary amides is 2. The number of carbonyl (C=O) groups is 6. The number of carboxylic acids is 1. The molecule has 0 radical (unpaired) electrons. The van der Waals surface area contributed by atoms with Crippen LogP contribution in [-0.2, 0) is 35.2 Å². The molecule has 5 amide bonds. The van der Waals surface area contributed by atoms with Gasteiger partial charge in [0.2, 0.25) is 29.5 Å². The third-order valence-electron chi connectivity index (χ3n) is 6.03. The molecule has 4 unspecified atom stereocenters. The summed E-state index contributed by atoms with van der Waals surface area (Å²) in [6.07, 6.45) is 0.711. The lowest BCUT2D eigenvalue weighted by molar-refractivity contribution is -0.144. The number of fused-ring (bicyclic) bond motifs is 1. The molecule has 1 heterocycles. The smallest absolute Gasteiger partial charge is 0.326 e. The van der Waals surface area contributed by atoms with Gasteiger partial charge in [-0.3, -0.25) is 24.0 Å². The molecule has 0 aliphatic carbocycles. The normalized spacial score (nSPS) is 14.2. The minimum Gasteiger partial charge on any atom is -0.480 e. The summed E-state index contributed by atoms with van der Waals surface area (Å²) >= 11 is 0. The minimum atomic E-state index is -1.65. The number of H-pyrrole nitrogens is 1. The van der Waals surface area contributed by atoms with Crippen molar-refractivity contribution in [3.05, 3.63) is 36.0 Å². The Morgan fingerprint density at radius 3 is 2.13 bits per heavy atom.